The fourth-order valence-corrected chi connectivity index (χ4v) is 2.29. The highest BCUT2D eigenvalue weighted by Gasteiger charge is 2.30. The number of nitrogens with zero attached hydrogens (tertiary/aromatic N) is 3. The highest BCUT2D eigenvalue weighted by Crippen LogP contribution is 2.42. The molecule has 2 rings (SSSR count). The van der Waals surface area contributed by atoms with Crippen LogP contribution in [0.5, 0.6) is 0 Å². The van der Waals surface area contributed by atoms with Gasteiger partial charge in [-0.25, -0.2) is 10.1 Å². The van der Waals surface area contributed by atoms with Crippen LogP contribution in [0.1, 0.15) is 5.56 Å². The lowest BCUT2D eigenvalue weighted by Gasteiger charge is -2.20. The van der Waals surface area contributed by atoms with Crippen molar-refractivity contribution in [3.05, 3.63) is 62.2 Å². The van der Waals surface area contributed by atoms with E-state index in [0.717, 1.165) is 5.01 Å². The molecule has 23 heavy (non-hydrogen) atoms. The third-order valence-corrected chi connectivity index (χ3v) is 3.41. The Bertz CT molecular complexity index is 764. The van der Waals surface area contributed by atoms with Gasteiger partial charge in [0.1, 0.15) is 17.1 Å². The van der Waals surface area contributed by atoms with Crippen molar-refractivity contribution in [3.8, 4) is 0 Å². The molecule has 0 unspecified atom stereocenters. The van der Waals surface area contributed by atoms with E-state index in [-0.39, 0.29) is 28.3 Å². The lowest BCUT2D eigenvalue weighted by molar-refractivity contribution is -0.483. The number of nitro groups is 2. The van der Waals surface area contributed by atoms with Crippen LogP contribution in [-0.4, -0.2) is 17.0 Å². The molecule has 0 aliphatic heterocycles. The Morgan fingerprint density at radius 3 is 2.26 bits per heavy atom. The number of para-hydroxylation sites is 1. The van der Waals surface area contributed by atoms with E-state index >= 15 is 0 Å². The van der Waals surface area contributed by atoms with E-state index in [1.54, 1.807) is 30.3 Å². The molecule has 0 atom stereocenters. The van der Waals surface area contributed by atoms with Gasteiger partial charge in [0, 0.05) is 18.7 Å². The fourth-order valence-electron chi connectivity index (χ4n) is 2.29. The molecule has 0 aromatic heterocycles. The molecule has 120 valence electrons. The molecule has 0 radical (unpaired) electrons. The van der Waals surface area contributed by atoms with E-state index in [4.69, 9.17) is 5.73 Å². The summed E-state index contributed by atoms with van der Waals surface area (Å²) in [5.41, 5.74) is 6.36. The minimum atomic E-state index is -0.619. The molecule has 9 heteroatoms. The van der Waals surface area contributed by atoms with Crippen LogP contribution in [0.2, 0.25) is 0 Å². The van der Waals surface area contributed by atoms with E-state index in [1.807, 2.05) is 0 Å². The van der Waals surface area contributed by atoms with Crippen LogP contribution in [0.15, 0.2) is 36.4 Å². The smallest absolute Gasteiger partial charge is 0.294 e. The molecule has 0 aliphatic rings. The monoisotopic (exact) mass is 317 g/mol. The second kappa shape index (κ2) is 6.18. The Balaban J connectivity index is 2.76. The van der Waals surface area contributed by atoms with Crippen molar-refractivity contribution >= 4 is 28.4 Å². The van der Waals surface area contributed by atoms with Crippen LogP contribution in [-0.2, 0) is 0 Å². The summed E-state index contributed by atoms with van der Waals surface area (Å²) >= 11 is 0. The standard InChI is InChI=1S/C14H15N5O4/c1-9-13(15)12(18(20)21)8-11(16-2)14(9)17(19(22)23)10-6-4-3-5-7-10/h3-8,16H,15H2,1-2H3. The highest BCUT2D eigenvalue weighted by atomic mass is 16.7. The average Bonchev–Trinajstić information content (AvgIpc) is 2.52. The molecule has 0 saturated heterocycles. The highest BCUT2D eigenvalue weighted by molar-refractivity contribution is 5.86. The van der Waals surface area contributed by atoms with E-state index in [0.29, 0.717) is 5.69 Å². The zero-order valence-corrected chi connectivity index (χ0v) is 12.5. The first-order valence-electron chi connectivity index (χ1n) is 6.63. The Labute approximate surface area is 131 Å². The molecule has 0 bridgehead atoms. The first-order chi connectivity index (χ1) is 10.9. The van der Waals surface area contributed by atoms with Gasteiger partial charge in [0.2, 0.25) is 0 Å². The number of rotatable bonds is 5. The summed E-state index contributed by atoms with van der Waals surface area (Å²) < 4.78 is 0. The number of nitrogens with one attached hydrogen (secondary N) is 1. The van der Waals surface area contributed by atoms with Gasteiger partial charge in [-0.2, -0.15) is 0 Å². The number of hydrogen-bond acceptors (Lipinski definition) is 6. The van der Waals surface area contributed by atoms with Gasteiger partial charge in [0.25, 0.3) is 5.69 Å². The maximum Gasteiger partial charge on any atom is 0.294 e. The largest absolute Gasteiger partial charge is 0.393 e. The number of nitro benzene ring substituents is 1. The Kier molecular flexibility index (Phi) is 4.30. The van der Waals surface area contributed by atoms with Crippen molar-refractivity contribution in [2.45, 2.75) is 6.92 Å². The van der Waals surface area contributed by atoms with Crippen molar-refractivity contribution in [1.29, 1.82) is 0 Å². The first kappa shape index (κ1) is 16.0. The van der Waals surface area contributed by atoms with Gasteiger partial charge < -0.3 is 11.1 Å². The number of nitrogens with two attached hydrogens (primary N) is 1. The van der Waals surface area contributed by atoms with Gasteiger partial charge >= 0.3 is 0 Å². The molecule has 2 aromatic carbocycles. The molecule has 0 heterocycles. The second-order valence-corrected chi connectivity index (χ2v) is 4.72. The molecular formula is C14H15N5O4. The topological polar surface area (TPSA) is 128 Å². The molecule has 0 aliphatic carbocycles. The van der Waals surface area contributed by atoms with Gasteiger partial charge in [0.15, 0.2) is 5.03 Å². The van der Waals surface area contributed by atoms with Gasteiger partial charge in [0.05, 0.1) is 10.6 Å². The van der Waals surface area contributed by atoms with Crippen molar-refractivity contribution in [1.82, 2.24) is 0 Å². The van der Waals surface area contributed by atoms with Gasteiger partial charge in [-0.3, -0.25) is 10.1 Å². The summed E-state index contributed by atoms with van der Waals surface area (Å²) in [4.78, 5) is 22.0. The van der Waals surface area contributed by atoms with Crippen molar-refractivity contribution in [3.63, 3.8) is 0 Å². The van der Waals surface area contributed by atoms with Crippen LogP contribution < -0.4 is 16.1 Å². The van der Waals surface area contributed by atoms with Crippen LogP contribution in [0.4, 0.5) is 28.4 Å². The van der Waals surface area contributed by atoms with E-state index < -0.39 is 9.96 Å². The Morgan fingerprint density at radius 2 is 1.78 bits per heavy atom. The minimum Gasteiger partial charge on any atom is -0.393 e. The summed E-state index contributed by atoms with van der Waals surface area (Å²) in [7, 11) is 1.53. The fraction of sp³-hybridized carbons (Fsp3) is 0.143. The van der Waals surface area contributed by atoms with Crippen molar-refractivity contribution < 1.29 is 9.96 Å². The quantitative estimate of drug-likeness (QED) is 0.493. The summed E-state index contributed by atoms with van der Waals surface area (Å²) in [6.45, 7) is 1.51. The maximum absolute atomic E-state index is 11.6. The molecule has 0 spiro atoms. The number of nitrogen functional groups attached to an aromatic ring is 1. The van der Waals surface area contributed by atoms with Crippen molar-refractivity contribution in [2.24, 2.45) is 0 Å². The number of hydrazine groups is 1. The summed E-state index contributed by atoms with van der Waals surface area (Å²) in [6, 6.07) is 9.39. The molecule has 0 fully saturated rings. The first-order valence-corrected chi connectivity index (χ1v) is 6.63. The summed E-state index contributed by atoms with van der Waals surface area (Å²) in [6.07, 6.45) is 0. The third-order valence-electron chi connectivity index (χ3n) is 3.41. The molecule has 2 aromatic rings. The van der Waals surface area contributed by atoms with Crippen LogP contribution >= 0.6 is 0 Å². The van der Waals surface area contributed by atoms with Crippen molar-refractivity contribution in [2.75, 3.05) is 23.1 Å². The van der Waals surface area contributed by atoms with E-state index in [2.05, 4.69) is 5.32 Å². The lowest BCUT2D eigenvalue weighted by atomic mass is 10.1. The zero-order chi connectivity index (χ0) is 17.1. The molecule has 0 saturated carbocycles. The number of anilines is 4. The van der Waals surface area contributed by atoms with E-state index in [9.17, 15) is 20.2 Å². The molecule has 3 N–H and O–H groups in total. The minimum absolute atomic E-state index is 0.105. The number of hydrogen-bond donors (Lipinski definition) is 2. The molecule has 9 nitrogen and oxygen atoms in total. The maximum atomic E-state index is 11.6. The zero-order valence-electron chi connectivity index (χ0n) is 12.5. The van der Waals surface area contributed by atoms with Crippen LogP contribution in [0, 0.1) is 27.2 Å². The van der Waals surface area contributed by atoms with Crippen LogP contribution in [0.3, 0.4) is 0 Å². The van der Waals surface area contributed by atoms with Gasteiger partial charge in [-0.15, -0.1) is 0 Å². The Morgan fingerprint density at radius 1 is 1.17 bits per heavy atom. The predicted octanol–water partition coefficient (Wildman–Crippen LogP) is 2.86. The summed E-state index contributed by atoms with van der Waals surface area (Å²) in [5.74, 6) is 0. The van der Waals surface area contributed by atoms with Gasteiger partial charge in [-0.1, -0.05) is 23.2 Å². The predicted molar refractivity (Wildman–Crippen MR) is 87.4 cm³/mol. The molecule has 0 amide bonds. The normalized spacial score (nSPS) is 10.2. The number of benzene rings is 2. The second-order valence-electron chi connectivity index (χ2n) is 4.72. The van der Waals surface area contributed by atoms with E-state index in [1.165, 1.54) is 20.0 Å². The van der Waals surface area contributed by atoms with Crippen LogP contribution in [0.25, 0.3) is 0 Å². The lowest BCUT2D eigenvalue weighted by Crippen LogP contribution is -2.26. The van der Waals surface area contributed by atoms with Gasteiger partial charge in [-0.05, 0) is 19.1 Å². The Hall–Kier alpha value is -3.36. The summed E-state index contributed by atoms with van der Waals surface area (Å²) in [5, 5.41) is 25.7. The average molecular weight is 317 g/mol. The SMILES string of the molecule is CNc1cc([N+](=O)[O-])c(N)c(C)c1N(c1ccccc1)[N+](=O)[O-]. The third kappa shape index (κ3) is 2.84. The molecular weight excluding hydrogens is 302 g/mol.